The van der Waals surface area contributed by atoms with Crippen molar-refractivity contribution in [3.63, 3.8) is 0 Å². The van der Waals surface area contributed by atoms with E-state index in [0.29, 0.717) is 11.3 Å². The molecular formula is C16H16N2O4. The maximum Gasteiger partial charge on any atom is 0.412 e. The standard InChI is InChI=1S/C16H16N2O4/c1-10-7-12(15(19)20)8-13(17)14(10)18-16(21)22-9-11-5-3-2-4-6-11/h2-8H,9,17H2,1H3,(H,18,21)(H,19,20). The van der Waals surface area contributed by atoms with Gasteiger partial charge in [0, 0.05) is 0 Å². The van der Waals surface area contributed by atoms with Crippen LogP contribution in [0.1, 0.15) is 21.5 Å². The smallest absolute Gasteiger partial charge is 0.412 e. The largest absolute Gasteiger partial charge is 0.478 e. The zero-order chi connectivity index (χ0) is 16.1. The van der Waals surface area contributed by atoms with Crippen LogP contribution in [0.15, 0.2) is 42.5 Å². The molecule has 4 N–H and O–H groups in total. The monoisotopic (exact) mass is 300 g/mol. The second kappa shape index (κ2) is 6.62. The first kappa shape index (κ1) is 15.4. The maximum absolute atomic E-state index is 11.8. The normalized spacial score (nSPS) is 10.0. The zero-order valence-corrected chi connectivity index (χ0v) is 12.0. The number of nitrogens with two attached hydrogens (primary N) is 1. The quantitative estimate of drug-likeness (QED) is 0.753. The van der Waals surface area contributed by atoms with Gasteiger partial charge in [-0.2, -0.15) is 0 Å². The van der Waals surface area contributed by atoms with E-state index < -0.39 is 12.1 Å². The van der Waals surface area contributed by atoms with Crippen molar-refractivity contribution in [1.82, 2.24) is 0 Å². The number of anilines is 2. The van der Waals surface area contributed by atoms with Crippen molar-refractivity contribution >= 4 is 23.4 Å². The minimum absolute atomic E-state index is 0.0678. The molecule has 0 aliphatic carbocycles. The Bertz CT molecular complexity index is 676. The number of carbonyl (C=O) groups is 2. The summed E-state index contributed by atoms with van der Waals surface area (Å²) in [4.78, 5) is 22.7. The number of hydrogen-bond acceptors (Lipinski definition) is 4. The molecule has 0 heterocycles. The van der Waals surface area contributed by atoms with Crippen molar-refractivity contribution < 1.29 is 19.4 Å². The lowest BCUT2D eigenvalue weighted by molar-refractivity contribution is 0.0697. The molecule has 2 aromatic rings. The molecule has 2 aromatic carbocycles. The molecule has 0 fully saturated rings. The van der Waals surface area contributed by atoms with Crippen molar-refractivity contribution in [2.45, 2.75) is 13.5 Å². The van der Waals surface area contributed by atoms with Crippen LogP contribution in [0.3, 0.4) is 0 Å². The van der Waals surface area contributed by atoms with Crippen molar-refractivity contribution in [3.8, 4) is 0 Å². The second-order valence-corrected chi connectivity index (χ2v) is 4.75. The molecule has 0 aliphatic rings. The van der Waals surface area contributed by atoms with E-state index in [9.17, 15) is 9.59 Å². The number of hydrogen-bond donors (Lipinski definition) is 3. The molecule has 6 heteroatoms. The summed E-state index contributed by atoms with van der Waals surface area (Å²) in [5, 5.41) is 11.5. The molecule has 0 unspecified atom stereocenters. The third kappa shape index (κ3) is 3.76. The predicted molar refractivity (Wildman–Crippen MR) is 82.8 cm³/mol. The van der Waals surface area contributed by atoms with E-state index >= 15 is 0 Å². The highest BCUT2D eigenvalue weighted by Crippen LogP contribution is 2.25. The molecule has 0 aliphatic heterocycles. The Kier molecular flexibility index (Phi) is 4.63. The molecular weight excluding hydrogens is 284 g/mol. The number of amides is 1. The third-order valence-corrected chi connectivity index (χ3v) is 3.05. The lowest BCUT2D eigenvalue weighted by Crippen LogP contribution is -2.16. The predicted octanol–water partition coefficient (Wildman–Crippen LogP) is 3.02. The number of carboxylic acid groups (broad SMARTS) is 1. The zero-order valence-electron chi connectivity index (χ0n) is 12.0. The molecule has 0 spiro atoms. The number of carbonyl (C=O) groups excluding carboxylic acids is 1. The number of nitrogen functional groups attached to an aromatic ring is 1. The molecule has 22 heavy (non-hydrogen) atoms. The molecule has 1 amide bonds. The van der Waals surface area contributed by atoms with Crippen molar-refractivity contribution in [3.05, 3.63) is 59.2 Å². The fourth-order valence-electron chi connectivity index (χ4n) is 1.97. The molecule has 0 bridgehead atoms. The summed E-state index contributed by atoms with van der Waals surface area (Å²) in [6.45, 7) is 1.80. The Balaban J connectivity index is 2.04. The Labute approximate surface area is 127 Å². The highest BCUT2D eigenvalue weighted by atomic mass is 16.5. The van der Waals surface area contributed by atoms with Crippen LogP contribution in [0.25, 0.3) is 0 Å². The van der Waals surface area contributed by atoms with Gasteiger partial charge in [0.15, 0.2) is 0 Å². The van der Waals surface area contributed by atoms with E-state index in [4.69, 9.17) is 15.6 Å². The summed E-state index contributed by atoms with van der Waals surface area (Å²) in [6.07, 6.45) is -0.651. The van der Waals surface area contributed by atoms with Gasteiger partial charge in [0.2, 0.25) is 0 Å². The average molecular weight is 300 g/mol. The summed E-state index contributed by atoms with van der Waals surface area (Å²) in [6, 6.07) is 12.0. The van der Waals surface area contributed by atoms with E-state index in [1.165, 1.54) is 12.1 Å². The second-order valence-electron chi connectivity index (χ2n) is 4.75. The fraction of sp³-hybridized carbons (Fsp3) is 0.125. The first-order valence-electron chi connectivity index (χ1n) is 6.58. The molecule has 0 atom stereocenters. The molecule has 6 nitrogen and oxygen atoms in total. The Morgan fingerprint density at radius 1 is 1.23 bits per heavy atom. The minimum Gasteiger partial charge on any atom is -0.478 e. The Morgan fingerprint density at radius 3 is 2.50 bits per heavy atom. The van der Waals surface area contributed by atoms with Crippen LogP contribution in [0.4, 0.5) is 16.2 Å². The van der Waals surface area contributed by atoms with Gasteiger partial charge in [-0.1, -0.05) is 30.3 Å². The summed E-state index contributed by atoms with van der Waals surface area (Å²) >= 11 is 0. The van der Waals surface area contributed by atoms with Gasteiger partial charge in [-0.25, -0.2) is 9.59 Å². The van der Waals surface area contributed by atoms with Crippen LogP contribution in [-0.4, -0.2) is 17.2 Å². The van der Waals surface area contributed by atoms with Gasteiger partial charge >= 0.3 is 12.1 Å². The van der Waals surface area contributed by atoms with Gasteiger partial charge in [-0.05, 0) is 30.2 Å². The van der Waals surface area contributed by atoms with Crippen molar-refractivity contribution in [2.24, 2.45) is 0 Å². The van der Waals surface area contributed by atoms with E-state index in [0.717, 1.165) is 5.56 Å². The highest BCUT2D eigenvalue weighted by molar-refractivity contribution is 5.95. The number of benzene rings is 2. The van der Waals surface area contributed by atoms with Gasteiger partial charge in [0.05, 0.1) is 16.9 Å². The summed E-state index contributed by atoms with van der Waals surface area (Å²) in [5.41, 5.74) is 7.79. The molecule has 0 aromatic heterocycles. The number of aryl methyl sites for hydroxylation is 1. The van der Waals surface area contributed by atoms with Gasteiger partial charge < -0.3 is 15.6 Å². The maximum atomic E-state index is 11.8. The average Bonchev–Trinajstić information content (AvgIpc) is 2.49. The van der Waals surface area contributed by atoms with Crippen LogP contribution in [0.2, 0.25) is 0 Å². The molecule has 0 saturated heterocycles. The number of nitrogens with one attached hydrogen (secondary N) is 1. The summed E-state index contributed by atoms with van der Waals surface area (Å²) in [5.74, 6) is -1.08. The van der Waals surface area contributed by atoms with Crippen LogP contribution in [-0.2, 0) is 11.3 Å². The summed E-state index contributed by atoms with van der Waals surface area (Å²) in [7, 11) is 0. The van der Waals surface area contributed by atoms with Crippen LogP contribution in [0, 0.1) is 6.92 Å². The lowest BCUT2D eigenvalue weighted by atomic mass is 10.1. The Hall–Kier alpha value is -3.02. The molecule has 0 saturated carbocycles. The van der Waals surface area contributed by atoms with E-state index in [-0.39, 0.29) is 17.9 Å². The number of ether oxygens (including phenoxy) is 1. The summed E-state index contributed by atoms with van der Waals surface area (Å²) < 4.78 is 5.10. The molecule has 114 valence electrons. The number of aromatic carboxylic acids is 1. The van der Waals surface area contributed by atoms with Gasteiger partial charge in [-0.3, -0.25) is 5.32 Å². The number of rotatable bonds is 4. The van der Waals surface area contributed by atoms with E-state index in [1.54, 1.807) is 6.92 Å². The van der Waals surface area contributed by atoms with Gasteiger partial charge in [0.1, 0.15) is 6.61 Å². The lowest BCUT2D eigenvalue weighted by Gasteiger charge is -2.12. The minimum atomic E-state index is -1.08. The van der Waals surface area contributed by atoms with Gasteiger partial charge in [-0.15, -0.1) is 0 Å². The van der Waals surface area contributed by atoms with Gasteiger partial charge in [0.25, 0.3) is 0 Å². The Morgan fingerprint density at radius 2 is 1.91 bits per heavy atom. The van der Waals surface area contributed by atoms with Crippen LogP contribution >= 0.6 is 0 Å². The fourth-order valence-corrected chi connectivity index (χ4v) is 1.97. The molecule has 2 rings (SSSR count). The number of carboxylic acids is 1. The SMILES string of the molecule is Cc1cc(C(=O)O)cc(N)c1NC(=O)OCc1ccccc1. The third-order valence-electron chi connectivity index (χ3n) is 3.05. The first-order chi connectivity index (χ1) is 10.5. The highest BCUT2D eigenvalue weighted by Gasteiger charge is 2.13. The topological polar surface area (TPSA) is 102 Å². The van der Waals surface area contributed by atoms with E-state index in [2.05, 4.69) is 5.32 Å². The van der Waals surface area contributed by atoms with E-state index in [1.807, 2.05) is 30.3 Å². The van der Waals surface area contributed by atoms with Crippen molar-refractivity contribution in [1.29, 1.82) is 0 Å². The van der Waals surface area contributed by atoms with Crippen LogP contribution < -0.4 is 11.1 Å². The first-order valence-corrected chi connectivity index (χ1v) is 6.58. The molecule has 0 radical (unpaired) electrons. The van der Waals surface area contributed by atoms with Crippen LogP contribution in [0.5, 0.6) is 0 Å². The van der Waals surface area contributed by atoms with Crippen molar-refractivity contribution in [2.75, 3.05) is 11.1 Å².